The summed E-state index contributed by atoms with van der Waals surface area (Å²) in [5.41, 5.74) is 0. The molecule has 13 heavy (non-hydrogen) atoms. The van der Waals surface area contributed by atoms with E-state index < -0.39 is 10.3 Å². The fourth-order valence-corrected chi connectivity index (χ4v) is 1.97. The Balaban J connectivity index is 2.19. The monoisotopic (exact) mass is 208 g/mol. The van der Waals surface area contributed by atoms with Gasteiger partial charge in [-0.15, -0.1) is 0 Å². The highest BCUT2D eigenvalue weighted by Crippen LogP contribution is 2.17. The minimum absolute atomic E-state index is 0.188. The van der Waals surface area contributed by atoms with Gasteiger partial charge in [-0.3, -0.25) is 4.18 Å². The average molecular weight is 208 g/mol. The van der Waals surface area contributed by atoms with E-state index in [1.807, 2.05) is 7.05 Å². The Morgan fingerprint density at radius 2 is 2.31 bits per heavy atom. The third kappa shape index (κ3) is 4.04. The van der Waals surface area contributed by atoms with Crippen LogP contribution in [0.15, 0.2) is 0 Å². The summed E-state index contributed by atoms with van der Waals surface area (Å²) < 4.78 is 25.3. The molecule has 1 rings (SSSR count). The van der Waals surface area contributed by atoms with Gasteiger partial charge in [-0.2, -0.15) is 8.42 Å². The largest absolute Gasteiger partial charge is 0.333 e. The zero-order valence-electron chi connectivity index (χ0n) is 7.77. The molecule has 0 spiro atoms. The van der Waals surface area contributed by atoms with E-state index in [0.29, 0.717) is 6.04 Å². The van der Waals surface area contributed by atoms with Gasteiger partial charge in [-0.05, 0) is 32.9 Å². The molecule has 0 saturated carbocycles. The minimum Gasteiger partial charge on any atom is -0.303 e. The van der Waals surface area contributed by atoms with Crippen molar-refractivity contribution in [2.45, 2.75) is 25.3 Å². The molecule has 78 valence electrons. The van der Waals surface area contributed by atoms with E-state index >= 15 is 0 Å². The molecule has 1 heterocycles. The normalized spacial score (nSPS) is 25.2. The van der Waals surface area contributed by atoms with Crippen LogP contribution in [0.2, 0.25) is 0 Å². The lowest BCUT2D eigenvalue weighted by atomic mass is 10.2. The maximum absolute atomic E-state index is 10.4. The zero-order chi connectivity index (χ0) is 9.90. The molecule has 0 aromatic rings. The highest BCUT2D eigenvalue weighted by molar-refractivity contribution is 7.84. The summed E-state index contributed by atoms with van der Waals surface area (Å²) in [6.45, 7) is 1.27. The molecule has 1 aliphatic rings. The Labute approximate surface area is 79.1 Å². The molecule has 0 aromatic carbocycles. The van der Waals surface area contributed by atoms with Crippen molar-refractivity contribution in [2.75, 3.05) is 20.2 Å². The van der Waals surface area contributed by atoms with Crippen LogP contribution in [0.25, 0.3) is 0 Å². The van der Waals surface area contributed by atoms with Gasteiger partial charge in [-0.1, -0.05) is 0 Å². The van der Waals surface area contributed by atoms with Crippen molar-refractivity contribution in [2.24, 2.45) is 5.14 Å². The first-order valence-electron chi connectivity index (χ1n) is 4.36. The smallest absolute Gasteiger partial charge is 0.303 e. The molecule has 0 radical (unpaired) electrons. The molecule has 1 unspecified atom stereocenters. The second kappa shape index (κ2) is 4.36. The first-order chi connectivity index (χ1) is 5.99. The maximum Gasteiger partial charge on any atom is 0.333 e. The topological polar surface area (TPSA) is 72.6 Å². The third-order valence-corrected chi connectivity index (χ3v) is 2.87. The van der Waals surface area contributed by atoms with Crippen molar-refractivity contribution in [1.29, 1.82) is 0 Å². The Kier molecular flexibility index (Phi) is 3.66. The number of likely N-dealkylation sites (tertiary alicyclic amines) is 1. The molecule has 6 heteroatoms. The van der Waals surface area contributed by atoms with E-state index in [1.165, 1.54) is 6.42 Å². The van der Waals surface area contributed by atoms with E-state index in [9.17, 15) is 8.42 Å². The van der Waals surface area contributed by atoms with Gasteiger partial charge >= 0.3 is 10.3 Å². The Morgan fingerprint density at radius 1 is 1.62 bits per heavy atom. The summed E-state index contributed by atoms with van der Waals surface area (Å²) in [6, 6.07) is 0.446. The highest BCUT2D eigenvalue weighted by Gasteiger charge is 2.20. The van der Waals surface area contributed by atoms with Gasteiger partial charge in [-0.25, -0.2) is 5.14 Å². The number of hydrogen-bond acceptors (Lipinski definition) is 4. The second-order valence-corrected chi connectivity index (χ2v) is 4.60. The van der Waals surface area contributed by atoms with Crippen LogP contribution in [0, 0.1) is 0 Å². The molecular weight excluding hydrogens is 192 g/mol. The van der Waals surface area contributed by atoms with Gasteiger partial charge in [0.25, 0.3) is 0 Å². The quantitative estimate of drug-likeness (QED) is 0.688. The molecular formula is C7H16N2O3S. The fraction of sp³-hybridized carbons (Fsp3) is 1.00. The van der Waals surface area contributed by atoms with Crippen molar-refractivity contribution >= 4 is 10.3 Å². The molecule has 0 amide bonds. The molecule has 1 saturated heterocycles. The van der Waals surface area contributed by atoms with Crippen LogP contribution in [0.4, 0.5) is 0 Å². The van der Waals surface area contributed by atoms with Crippen molar-refractivity contribution in [3.05, 3.63) is 0 Å². The Morgan fingerprint density at radius 3 is 2.77 bits per heavy atom. The third-order valence-electron chi connectivity index (χ3n) is 2.37. The molecule has 1 fully saturated rings. The summed E-state index contributed by atoms with van der Waals surface area (Å²) in [5, 5.41) is 4.69. The van der Waals surface area contributed by atoms with Crippen LogP contribution in [-0.2, 0) is 14.5 Å². The second-order valence-electron chi connectivity index (χ2n) is 3.38. The Hall–Kier alpha value is -0.170. The van der Waals surface area contributed by atoms with Crippen LogP contribution in [0.1, 0.15) is 19.3 Å². The minimum atomic E-state index is -3.75. The van der Waals surface area contributed by atoms with Crippen molar-refractivity contribution in [3.63, 3.8) is 0 Å². The lowest BCUT2D eigenvalue weighted by Crippen LogP contribution is -2.27. The lowest BCUT2D eigenvalue weighted by molar-refractivity contribution is 0.236. The first kappa shape index (κ1) is 10.9. The van der Waals surface area contributed by atoms with Gasteiger partial charge < -0.3 is 4.90 Å². The van der Waals surface area contributed by atoms with E-state index in [1.54, 1.807) is 0 Å². The zero-order valence-corrected chi connectivity index (χ0v) is 8.59. The van der Waals surface area contributed by atoms with Crippen LogP contribution in [0.5, 0.6) is 0 Å². The van der Waals surface area contributed by atoms with Gasteiger partial charge in [0.2, 0.25) is 0 Å². The van der Waals surface area contributed by atoms with Crippen LogP contribution >= 0.6 is 0 Å². The number of hydrogen-bond donors (Lipinski definition) is 1. The van der Waals surface area contributed by atoms with Gasteiger partial charge in [0, 0.05) is 6.04 Å². The van der Waals surface area contributed by atoms with Crippen LogP contribution in [0.3, 0.4) is 0 Å². The van der Waals surface area contributed by atoms with Crippen LogP contribution in [-0.4, -0.2) is 39.6 Å². The lowest BCUT2D eigenvalue weighted by Gasteiger charge is -2.18. The predicted molar refractivity (Wildman–Crippen MR) is 49.3 cm³/mol. The van der Waals surface area contributed by atoms with Crippen molar-refractivity contribution < 1.29 is 12.6 Å². The number of nitrogens with two attached hydrogens (primary N) is 1. The molecule has 2 N–H and O–H groups in total. The molecule has 5 nitrogen and oxygen atoms in total. The summed E-state index contributed by atoms with van der Waals surface area (Å²) in [4.78, 5) is 2.21. The van der Waals surface area contributed by atoms with Crippen molar-refractivity contribution in [3.8, 4) is 0 Å². The summed E-state index contributed by atoms with van der Waals surface area (Å²) in [5.74, 6) is 0. The molecule has 1 aliphatic heterocycles. The molecule has 0 aromatic heterocycles. The molecule has 0 aliphatic carbocycles. The summed E-state index contributed by atoms with van der Waals surface area (Å²) >= 11 is 0. The number of nitrogens with zero attached hydrogens (tertiary/aromatic N) is 1. The van der Waals surface area contributed by atoms with Crippen LogP contribution < -0.4 is 5.14 Å². The SMILES string of the molecule is CN1CCCC1CCOS(N)(=O)=O. The average Bonchev–Trinajstić information content (AvgIpc) is 2.34. The van der Waals surface area contributed by atoms with Crippen molar-refractivity contribution in [1.82, 2.24) is 4.90 Å². The van der Waals surface area contributed by atoms with E-state index in [4.69, 9.17) is 5.14 Å². The fourth-order valence-electron chi connectivity index (χ4n) is 1.64. The highest BCUT2D eigenvalue weighted by atomic mass is 32.2. The Bertz CT molecular complexity index is 252. The van der Waals surface area contributed by atoms with E-state index in [-0.39, 0.29) is 6.61 Å². The molecule has 1 atom stereocenters. The van der Waals surface area contributed by atoms with E-state index in [0.717, 1.165) is 19.4 Å². The van der Waals surface area contributed by atoms with Gasteiger partial charge in [0.1, 0.15) is 0 Å². The van der Waals surface area contributed by atoms with Gasteiger partial charge in [0.15, 0.2) is 0 Å². The first-order valence-corrected chi connectivity index (χ1v) is 5.83. The van der Waals surface area contributed by atoms with Gasteiger partial charge in [0.05, 0.1) is 6.61 Å². The molecule has 0 bridgehead atoms. The summed E-state index contributed by atoms with van der Waals surface area (Å²) in [7, 11) is -1.72. The predicted octanol–water partition coefficient (Wildman–Crippen LogP) is -0.309. The maximum atomic E-state index is 10.4. The summed E-state index contributed by atoms with van der Waals surface area (Å²) in [6.07, 6.45) is 3.02. The number of rotatable bonds is 4. The standard InChI is InChI=1S/C7H16N2O3S/c1-9-5-2-3-7(9)4-6-12-13(8,10)11/h7H,2-6H2,1H3,(H2,8,10,11). The van der Waals surface area contributed by atoms with E-state index in [2.05, 4.69) is 9.08 Å².